The van der Waals surface area contributed by atoms with Crippen LogP contribution in [0.3, 0.4) is 0 Å². The molecule has 0 aromatic carbocycles. The first-order valence-corrected chi connectivity index (χ1v) is 3.78. The maximum absolute atomic E-state index is 10.9. The van der Waals surface area contributed by atoms with Crippen molar-refractivity contribution < 1.29 is 14.3 Å². The lowest BCUT2D eigenvalue weighted by Gasteiger charge is -2.08. The number of primary amides is 1. The summed E-state index contributed by atoms with van der Waals surface area (Å²) in [5, 5.41) is 0. The van der Waals surface area contributed by atoms with E-state index in [-0.39, 0.29) is 6.42 Å². The molecule has 0 bridgehead atoms. The first kappa shape index (κ1) is 10.9. The smallest absolute Gasteiger partial charge is 0.323 e. The summed E-state index contributed by atoms with van der Waals surface area (Å²) in [7, 11) is 0. The molecular weight excluding hydrogens is 160 g/mol. The van der Waals surface area contributed by atoms with Gasteiger partial charge in [0.05, 0.1) is 13.0 Å². The van der Waals surface area contributed by atoms with Gasteiger partial charge in [0, 0.05) is 0 Å². The molecule has 4 N–H and O–H groups in total. The molecule has 0 aliphatic rings. The van der Waals surface area contributed by atoms with Crippen LogP contribution in [0.25, 0.3) is 0 Å². The number of hydrogen-bond donors (Lipinski definition) is 2. The molecular formula is C7H14N2O3. The third-order valence-corrected chi connectivity index (χ3v) is 1.17. The summed E-state index contributed by atoms with van der Waals surface area (Å²) in [6.07, 6.45) is 0.567. The number of esters is 1. The fourth-order valence-electron chi connectivity index (χ4n) is 0.610. The van der Waals surface area contributed by atoms with E-state index >= 15 is 0 Å². The summed E-state index contributed by atoms with van der Waals surface area (Å²) >= 11 is 0. The minimum absolute atomic E-state index is 0.164. The summed E-state index contributed by atoms with van der Waals surface area (Å²) in [6, 6.07) is -0.922. The molecule has 0 radical (unpaired) electrons. The molecule has 0 aliphatic heterocycles. The normalized spacial score (nSPS) is 12.2. The molecule has 0 saturated heterocycles. The van der Waals surface area contributed by atoms with Gasteiger partial charge in [-0.15, -0.1) is 0 Å². The lowest BCUT2D eigenvalue weighted by atomic mass is 10.2. The second-order valence-electron chi connectivity index (χ2n) is 2.44. The van der Waals surface area contributed by atoms with Crippen molar-refractivity contribution in [3.8, 4) is 0 Å². The molecule has 5 heteroatoms. The zero-order valence-corrected chi connectivity index (χ0v) is 7.08. The van der Waals surface area contributed by atoms with Gasteiger partial charge < -0.3 is 16.2 Å². The van der Waals surface area contributed by atoms with E-state index in [4.69, 9.17) is 11.5 Å². The van der Waals surface area contributed by atoms with Crippen LogP contribution in [0.15, 0.2) is 0 Å². The third-order valence-electron chi connectivity index (χ3n) is 1.17. The van der Waals surface area contributed by atoms with E-state index in [1.54, 1.807) is 0 Å². The van der Waals surface area contributed by atoms with Gasteiger partial charge in [-0.3, -0.25) is 9.59 Å². The quantitative estimate of drug-likeness (QED) is 0.530. The van der Waals surface area contributed by atoms with E-state index in [2.05, 4.69) is 4.74 Å². The van der Waals surface area contributed by atoms with Gasteiger partial charge in [0.2, 0.25) is 5.91 Å². The van der Waals surface area contributed by atoms with E-state index in [9.17, 15) is 9.59 Å². The van der Waals surface area contributed by atoms with Gasteiger partial charge in [-0.1, -0.05) is 6.92 Å². The van der Waals surface area contributed by atoms with Crippen molar-refractivity contribution in [2.45, 2.75) is 25.8 Å². The number of nitrogens with two attached hydrogens (primary N) is 2. The molecule has 12 heavy (non-hydrogen) atoms. The standard InChI is InChI=1S/C7H14N2O3/c1-2-3-12-7(11)5(8)4-6(9)10/h5H,2-4,8H2,1H3,(H2,9,10). The van der Waals surface area contributed by atoms with E-state index in [0.717, 1.165) is 6.42 Å². The Kier molecular flexibility index (Phi) is 5.03. The highest BCUT2D eigenvalue weighted by atomic mass is 16.5. The number of carbonyl (C=O) groups is 2. The lowest BCUT2D eigenvalue weighted by Crippen LogP contribution is -2.36. The van der Waals surface area contributed by atoms with Crippen molar-refractivity contribution in [3.05, 3.63) is 0 Å². The fourth-order valence-corrected chi connectivity index (χ4v) is 0.610. The SMILES string of the molecule is CCCOC(=O)C(N)CC(N)=O. The van der Waals surface area contributed by atoms with Gasteiger partial charge >= 0.3 is 5.97 Å². The Morgan fingerprint density at radius 1 is 1.50 bits per heavy atom. The van der Waals surface area contributed by atoms with Crippen LogP contribution >= 0.6 is 0 Å². The molecule has 1 atom stereocenters. The van der Waals surface area contributed by atoms with E-state index < -0.39 is 17.9 Å². The highest BCUT2D eigenvalue weighted by molar-refractivity contribution is 5.84. The zero-order valence-electron chi connectivity index (χ0n) is 7.08. The summed E-state index contributed by atoms with van der Waals surface area (Å²) in [4.78, 5) is 21.2. The Balaban J connectivity index is 3.69. The van der Waals surface area contributed by atoms with Crippen LogP contribution in [0.5, 0.6) is 0 Å². The largest absolute Gasteiger partial charge is 0.465 e. The van der Waals surface area contributed by atoms with E-state index in [1.165, 1.54) is 0 Å². The number of amides is 1. The molecule has 0 fully saturated rings. The summed E-state index contributed by atoms with van der Waals surface area (Å²) in [6.45, 7) is 2.19. The minimum Gasteiger partial charge on any atom is -0.465 e. The van der Waals surface area contributed by atoms with Crippen molar-refractivity contribution in [1.29, 1.82) is 0 Å². The Hall–Kier alpha value is -1.10. The number of hydrogen-bond acceptors (Lipinski definition) is 4. The number of carbonyl (C=O) groups excluding carboxylic acids is 2. The van der Waals surface area contributed by atoms with E-state index in [0.29, 0.717) is 6.61 Å². The maximum Gasteiger partial charge on any atom is 0.323 e. The Labute approximate surface area is 71.0 Å². The van der Waals surface area contributed by atoms with Crippen LogP contribution in [-0.4, -0.2) is 24.5 Å². The molecule has 0 spiro atoms. The molecule has 0 saturated carbocycles. The van der Waals surface area contributed by atoms with Crippen LogP contribution < -0.4 is 11.5 Å². The number of rotatable bonds is 5. The van der Waals surface area contributed by atoms with Crippen LogP contribution in [0.1, 0.15) is 19.8 Å². The van der Waals surface area contributed by atoms with E-state index in [1.807, 2.05) is 6.92 Å². The topological polar surface area (TPSA) is 95.4 Å². The maximum atomic E-state index is 10.9. The summed E-state index contributed by atoms with van der Waals surface area (Å²) in [5.74, 6) is -1.17. The minimum atomic E-state index is -0.922. The van der Waals surface area contributed by atoms with Gasteiger partial charge in [0.1, 0.15) is 6.04 Å². The van der Waals surface area contributed by atoms with Gasteiger partial charge in [-0.2, -0.15) is 0 Å². The average molecular weight is 174 g/mol. The van der Waals surface area contributed by atoms with Crippen LogP contribution in [0, 0.1) is 0 Å². The van der Waals surface area contributed by atoms with Crippen molar-refractivity contribution in [2.24, 2.45) is 11.5 Å². The summed E-state index contributed by atoms with van der Waals surface area (Å²) < 4.78 is 4.68. The fraction of sp³-hybridized carbons (Fsp3) is 0.714. The second-order valence-corrected chi connectivity index (χ2v) is 2.44. The predicted octanol–water partition coefficient (Wildman–Crippen LogP) is -0.858. The second kappa shape index (κ2) is 5.54. The van der Waals surface area contributed by atoms with Crippen molar-refractivity contribution in [1.82, 2.24) is 0 Å². The van der Waals surface area contributed by atoms with Crippen molar-refractivity contribution >= 4 is 11.9 Å². The van der Waals surface area contributed by atoms with Gasteiger partial charge in [0.25, 0.3) is 0 Å². The Morgan fingerprint density at radius 3 is 2.50 bits per heavy atom. The molecule has 0 aromatic rings. The Bertz CT molecular complexity index is 170. The van der Waals surface area contributed by atoms with Gasteiger partial charge in [-0.05, 0) is 6.42 Å². The monoisotopic (exact) mass is 174 g/mol. The molecule has 0 heterocycles. The first-order chi connectivity index (χ1) is 5.57. The first-order valence-electron chi connectivity index (χ1n) is 3.78. The molecule has 70 valence electrons. The van der Waals surface area contributed by atoms with Crippen LogP contribution in [0.4, 0.5) is 0 Å². The van der Waals surface area contributed by atoms with Gasteiger partial charge in [-0.25, -0.2) is 0 Å². The summed E-state index contributed by atoms with van der Waals surface area (Å²) in [5.41, 5.74) is 10.1. The lowest BCUT2D eigenvalue weighted by molar-refractivity contribution is -0.146. The molecule has 5 nitrogen and oxygen atoms in total. The predicted molar refractivity (Wildman–Crippen MR) is 43.0 cm³/mol. The Morgan fingerprint density at radius 2 is 2.08 bits per heavy atom. The molecule has 0 aromatic heterocycles. The van der Waals surface area contributed by atoms with Crippen molar-refractivity contribution in [3.63, 3.8) is 0 Å². The number of ether oxygens (including phenoxy) is 1. The van der Waals surface area contributed by atoms with Crippen LogP contribution in [0.2, 0.25) is 0 Å². The van der Waals surface area contributed by atoms with Crippen molar-refractivity contribution in [2.75, 3.05) is 6.61 Å². The third kappa shape index (κ3) is 4.68. The zero-order chi connectivity index (χ0) is 9.56. The molecule has 0 rings (SSSR count). The molecule has 1 unspecified atom stereocenters. The molecule has 0 aliphatic carbocycles. The highest BCUT2D eigenvalue weighted by Gasteiger charge is 2.16. The van der Waals surface area contributed by atoms with Gasteiger partial charge in [0.15, 0.2) is 0 Å². The van der Waals surface area contributed by atoms with Crippen LogP contribution in [-0.2, 0) is 14.3 Å². The highest BCUT2D eigenvalue weighted by Crippen LogP contribution is 1.92. The molecule has 1 amide bonds. The average Bonchev–Trinajstić information content (AvgIpc) is 1.98.